The van der Waals surface area contributed by atoms with Crippen LogP contribution in [0.1, 0.15) is 28.8 Å². The average Bonchev–Trinajstić information content (AvgIpc) is 3.06. The fraction of sp³-hybridized carbons (Fsp3) is 0.200. The normalized spacial score (nSPS) is 10.7. The number of halogens is 2. The Kier molecular flexibility index (Phi) is 5.41. The predicted molar refractivity (Wildman–Crippen MR) is 93.7 cm³/mol. The smallest absolute Gasteiger partial charge is 0.357 e. The van der Waals surface area contributed by atoms with Gasteiger partial charge in [-0.15, -0.1) is 0 Å². The highest BCUT2D eigenvalue weighted by Gasteiger charge is 2.20. The number of nitrogens with zero attached hydrogens (tertiary/aromatic N) is 1. The molecule has 0 amide bonds. The van der Waals surface area contributed by atoms with Crippen molar-refractivity contribution in [2.24, 2.45) is 0 Å². The molecule has 2 aromatic carbocycles. The number of aryl methyl sites for hydroxylation is 2. The molecule has 0 aliphatic rings. The highest BCUT2D eigenvalue weighted by molar-refractivity contribution is 5.94. The number of esters is 1. The molecule has 134 valence electrons. The van der Waals surface area contributed by atoms with Crippen LogP contribution in [-0.4, -0.2) is 22.5 Å². The lowest BCUT2D eigenvalue weighted by Crippen LogP contribution is -2.07. The first-order valence-corrected chi connectivity index (χ1v) is 8.34. The lowest BCUT2D eigenvalue weighted by Gasteiger charge is -2.02. The fourth-order valence-electron chi connectivity index (χ4n) is 2.66. The maximum absolute atomic E-state index is 13.8. The van der Waals surface area contributed by atoms with Crippen molar-refractivity contribution in [1.82, 2.24) is 9.97 Å². The van der Waals surface area contributed by atoms with Gasteiger partial charge in [0.1, 0.15) is 23.2 Å². The first kappa shape index (κ1) is 17.8. The van der Waals surface area contributed by atoms with Gasteiger partial charge < -0.3 is 9.72 Å². The van der Waals surface area contributed by atoms with E-state index in [9.17, 15) is 13.6 Å². The van der Waals surface area contributed by atoms with Crippen molar-refractivity contribution in [3.63, 3.8) is 0 Å². The van der Waals surface area contributed by atoms with E-state index in [0.717, 1.165) is 0 Å². The SMILES string of the molecule is CCOC(=O)c1[nH]c(CCc2ccccc2F)nc1-c1ccc(F)cc1. The largest absolute Gasteiger partial charge is 0.461 e. The van der Waals surface area contributed by atoms with E-state index in [1.165, 1.54) is 18.2 Å². The van der Waals surface area contributed by atoms with Gasteiger partial charge in [0.2, 0.25) is 0 Å². The van der Waals surface area contributed by atoms with Crippen molar-refractivity contribution in [3.05, 3.63) is 77.2 Å². The zero-order valence-electron chi connectivity index (χ0n) is 14.3. The van der Waals surface area contributed by atoms with Crippen LogP contribution in [0.2, 0.25) is 0 Å². The molecule has 0 bridgehead atoms. The summed E-state index contributed by atoms with van der Waals surface area (Å²) in [6.07, 6.45) is 0.861. The summed E-state index contributed by atoms with van der Waals surface area (Å²) in [7, 11) is 0. The number of benzene rings is 2. The zero-order valence-corrected chi connectivity index (χ0v) is 14.3. The van der Waals surface area contributed by atoms with Crippen LogP contribution in [0.3, 0.4) is 0 Å². The van der Waals surface area contributed by atoms with Crippen LogP contribution >= 0.6 is 0 Å². The topological polar surface area (TPSA) is 55.0 Å². The van der Waals surface area contributed by atoms with Crippen molar-refractivity contribution in [2.75, 3.05) is 6.61 Å². The molecule has 0 unspecified atom stereocenters. The van der Waals surface area contributed by atoms with E-state index in [1.807, 2.05) is 0 Å². The van der Waals surface area contributed by atoms with Crippen molar-refractivity contribution in [3.8, 4) is 11.3 Å². The van der Waals surface area contributed by atoms with E-state index in [2.05, 4.69) is 9.97 Å². The molecule has 3 rings (SSSR count). The standard InChI is InChI=1S/C20H18F2N2O2/c1-2-26-20(25)19-18(14-7-10-15(21)11-8-14)23-17(24-19)12-9-13-5-3-4-6-16(13)22/h3-8,10-11H,2,9,12H2,1H3,(H,23,24). The van der Waals surface area contributed by atoms with Crippen molar-refractivity contribution >= 4 is 5.97 Å². The Morgan fingerprint density at radius 3 is 2.50 bits per heavy atom. The van der Waals surface area contributed by atoms with Gasteiger partial charge in [0, 0.05) is 12.0 Å². The van der Waals surface area contributed by atoms with Crippen LogP contribution in [0.25, 0.3) is 11.3 Å². The highest BCUT2D eigenvalue weighted by atomic mass is 19.1. The summed E-state index contributed by atoms with van der Waals surface area (Å²) in [4.78, 5) is 19.6. The third kappa shape index (κ3) is 3.96. The molecule has 1 heterocycles. The molecule has 0 fully saturated rings. The Morgan fingerprint density at radius 1 is 1.08 bits per heavy atom. The molecule has 0 radical (unpaired) electrons. The quantitative estimate of drug-likeness (QED) is 0.670. The van der Waals surface area contributed by atoms with Gasteiger partial charge in [-0.2, -0.15) is 0 Å². The van der Waals surface area contributed by atoms with E-state index < -0.39 is 5.97 Å². The first-order valence-electron chi connectivity index (χ1n) is 8.34. The third-order valence-corrected chi connectivity index (χ3v) is 3.94. The number of aromatic amines is 1. The molecule has 0 saturated carbocycles. The molecule has 0 aliphatic carbocycles. The molecule has 0 aliphatic heterocycles. The van der Waals surface area contributed by atoms with Crippen molar-refractivity contribution < 1.29 is 18.3 Å². The van der Waals surface area contributed by atoms with Crippen LogP contribution in [0.15, 0.2) is 48.5 Å². The van der Waals surface area contributed by atoms with E-state index in [1.54, 1.807) is 37.3 Å². The Labute approximate surface area is 149 Å². The van der Waals surface area contributed by atoms with Gasteiger partial charge in [-0.3, -0.25) is 0 Å². The molecule has 0 saturated heterocycles. The minimum absolute atomic E-state index is 0.210. The average molecular weight is 356 g/mol. The van der Waals surface area contributed by atoms with Gasteiger partial charge in [-0.05, 0) is 49.2 Å². The number of nitrogens with one attached hydrogen (secondary N) is 1. The maximum Gasteiger partial charge on any atom is 0.357 e. The van der Waals surface area contributed by atoms with E-state index in [4.69, 9.17) is 4.74 Å². The summed E-state index contributed by atoms with van der Waals surface area (Å²) in [5.74, 6) is -0.641. The summed E-state index contributed by atoms with van der Waals surface area (Å²) >= 11 is 0. The number of carbonyl (C=O) groups excluding carboxylic acids is 1. The number of hydrogen-bond acceptors (Lipinski definition) is 3. The van der Waals surface area contributed by atoms with Crippen LogP contribution < -0.4 is 0 Å². The van der Waals surface area contributed by atoms with Gasteiger partial charge in [-0.1, -0.05) is 18.2 Å². The minimum Gasteiger partial charge on any atom is -0.461 e. The number of H-pyrrole nitrogens is 1. The molecule has 1 N–H and O–H groups in total. The number of ether oxygens (including phenoxy) is 1. The number of hydrogen-bond donors (Lipinski definition) is 1. The summed E-state index contributed by atoms with van der Waals surface area (Å²) < 4.78 is 32.0. The molecule has 1 aromatic heterocycles. The number of carbonyl (C=O) groups is 1. The Hall–Kier alpha value is -3.02. The summed E-state index contributed by atoms with van der Waals surface area (Å²) in [5, 5.41) is 0. The van der Waals surface area contributed by atoms with Crippen LogP contribution in [0.4, 0.5) is 8.78 Å². The Bertz CT molecular complexity index is 904. The maximum atomic E-state index is 13.8. The summed E-state index contributed by atoms with van der Waals surface area (Å²) in [6, 6.07) is 12.2. The number of rotatable bonds is 6. The monoisotopic (exact) mass is 356 g/mol. The third-order valence-electron chi connectivity index (χ3n) is 3.94. The second kappa shape index (κ2) is 7.91. The van der Waals surface area contributed by atoms with E-state index >= 15 is 0 Å². The molecule has 4 nitrogen and oxygen atoms in total. The summed E-state index contributed by atoms with van der Waals surface area (Å²) in [6.45, 7) is 1.94. The fourth-order valence-corrected chi connectivity index (χ4v) is 2.66. The molecule has 3 aromatic rings. The van der Waals surface area contributed by atoms with Crippen LogP contribution in [0.5, 0.6) is 0 Å². The summed E-state index contributed by atoms with van der Waals surface area (Å²) in [5.41, 5.74) is 1.78. The van der Waals surface area contributed by atoms with E-state index in [-0.39, 0.29) is 23.9 Å². The molecule has 6 heteroatoms. The molecule has 0 atom stereocenters. The lowest BCUT2D eigenvalue weighted by atomic mass is 10.1. The minimum atomic E-state index is -0.531. The second-order valence-electron chi connectivity index (χ2n) is 5.73. The van der Waals surface area contributed by atoms with Gasteiger partial charge in [0.05, 0.1) is 6.61 Å². The number of aromatic nitrogens is 2. The van der Waals surface area contributed by atoms with Crippen molar-refractivity contribution in [2.45, 2.75) is 19.8 Å². The first-order chi connectivity index (χ1) is 12.6. The van der Waals surface area contributed by atoms with Crippen LogP contribution in [-0.2, 0) is 17.6 Å². The van der Waals surface area contributed by atoms with Crippen LogP contribution in [0, 0.1) is 11.6 Å². The zero-order chi connectivity index (χ0) is 18.5. The second-order valence-corrected chi connectivity index (χ2v) is 5.73. The van der Waals surface area contributed by atoms with Gasteiger partial charge in [-0.25, -0.2) is 18.6 Å². The van der Waals surface area contributed by atoms with Crippen molar-refractivity contribution in [1.29, 1.82) is 0 Å². The Balaban J connectivity index is 1.89. The van der Waals surface area contributed by atoms with Gasteiger partial charge in [0.25, 0.3) is 0 Å². The van der Waals surface area contributed by atoms with Gasteiger partial charge in [0.15, 0.2) is 5.69 Å². The highest BCUT2D eigenvalue weighted by Crippen LogP contribution is 2.23. The lowest BCUT2D eigenvalue weighted by molar-refractivity contribution is 0.0521. The molecular weight excluding hydrogens is 338 g/mol. The Morgan fingerprint density at radius 2 is 1.81 bits per heavy atom. The predicted octanol–water partition coefficient (Wildman–Crippen LogP) is 4.32. The molecule has 0 spiro atoms. The number of imidazole rings is 1. The van der Waals surface area contributed by atoms with Gasteiger partial charge >= 0.3 is 5.97 Å². The molecule has 26 heavy (non-hydrogen) atoms. The van der Waals surface area contributed by atoms with E-state index in [0.29, 0.717) is 35.5 Å². The molecular formula is C20H18F2N2O2.